The van der Waals surface area contributed by atoms with Gasteiger partial charge in [0.2, 0.25) is 0 Å². The van der Waals surface area contributed by atoms with E-state index in [1.807, 2.05) is 0 Å². The first kappa shape index (κ1) is 9.53. The van der Waals surface area contributed by atoms with E-state index >= 15 is 0 Å². The number of hydrogen-bond donors (Lipinski definition) is 1. The maximum atomic E-state index is 5.81. The van der Waals surface area contributed by atoms with E-state index in [1.54, 1.807) is 5.57 Å². The monoisotopic (exact) mass is 165 g/mol. The number of nitrogens with two attached hydrogens (primary N) is 1. The minimum Gasteiger partial charge on any atom is -0.328 e. The third-order valence-corrected chi connectivity index (χ3v) is 2.41. The summed E-state index contributed by atoms with van der Waals surface area (Å²) in [6.07, 6.45) is 8.12. The lowest BCUT2D eigenvalue weighted by Crippen LogP contribution is -2.23. The van der Waals surface area contributed by atoms with Crippen molar-refractivity contribution in [3.63, 3.8) is 0 Å². The van der Waals surface area contributed by atoms with Crippen molar-refractivity contribution in [3.05, 3.63) is 23.8 Å². The number of hydrogen-bond acceptors (Lipinski definition) is 1. The molecule has 0 aromatic heterocycles. The van der Waals surface area contributed by atoms with E-state index in [4.69, 9.17) is 5.73 Å². The van der Waals surface area contributed by atoms with Gasteiger partial charge in [-0.3, -0.25) is 0 Å². The predicted octanol–water partition coefficient (Wildman–Crippen LogP) is 2.78. The summed E-state index contributed by atoms with van der Waals surface area (Å²) in [5.41, 5.74) is 8.64. The van der Waals surface area contributed by atoms with Gasteiger partial charge >= 0.3 is 0 Å². The van der Waals surface area contributed by atoms with Gasteiger partial charge in [-0.15, -0.1) is 0 Å². The largest absolute Gasteiger partial charge is 0.328 e. The minimum absolute atomic E-state index is 0.451. The van der Waals surface area contributed by atoms with E-state index < -0.39 is 0 Å². The van der Waals surface area contributed by atoms with Crippen molar-refractivity contribution < 1.29 is 0 Å². The Kier molecular flexibility index (Phi) is 3.54. The molecule has 1 aliphatic rings. The van der Waals surface area contributed by atoms with Crippen LogP contribution in [0, 0.1) is 0 Å². The summed E-state index contributed by atoms with van der Waals surface area (Å²) in [5, 5.41) is 0. The molecule has 1 fully saturated rings. The molecule has 0 saturated heterocycles. The molecule has 0 amide bonds. The molecule has 0 aromatic rings. The van der Waals surface area contributed by atoms with E-state index in [0.29, 0.717) is 6.04 Å². The number of allylic oxidation sites excluding steroid dienone is 3. The highest BCUT2D eigenvalue weighted by molar-refractivity contribution is 5.10. The average molecular weight is 165 g/mol. The Morgan fingerprint density at radius 1 is 1.58 bits per heavy atom. The smallest absolute Gasteiger partial charge is 0.00449 e. The van der Waals surface area contributed by atoms with Crippen LogP contribution >= 0.6 is 0 Å². The van der Waals surface area contributed by atoms with Crippen LogP contribution in [0.25, 0.3) is 0 Å². The Balaban J connectivity index is 2.33. The van der Waals surface area contributed by atoms with Crippen LogP contribution in [0.2, 0.25) is 0 Å². The molecule has 2 N–H and O–H groups in total. The summed E-state index contributed by atoms with van der Waals surface area (Å²) < 4.78 is 0. The molecule has 0 bridgehead atoms. The summed E-state index contributed by atoms with van der Waals surface area (Å²) in [5.74, 6) is 0. The van der Waals surface area contributed by atoms with Gasteiger partial charge in [-0.2, -0.15) is 0 Å². The Morgan fingerprint density at radius 3 is 2.67 bits per heavy atom. The van der Waals surface area contributed by atoms with E-state index in [-0.39, 0.29) is 0 Å². The molecule has 0 spiro atoms. The van der Waals surface area contributed by atoms with Crippen LogP contribution < -0.4 is 5.73 Å². The second-order valence-electron chi connectivity index (χ2n) is 3.86. The second-order valence-corrected chi connectivity index (χ2v) is 3.86. The fourth-order valence-corrected chi connectivity index (χ4v) is 1.53. The molecule has 12 heavy (non-hydrogen) atoms. The maximum Gasteiger partial charge on any atom is 0.00449 e. The maximum absolute atomic E-state index is 5.81. The Hall–Kier alpha value is -0.560. The molecule has 68 valence electrons. The molecule has 0 aromatic carbocycles. The zero-order valence-corrected chi connectivity index (χ0v) is 7.97. The Bertz CT molecular complexity index is 181. The highest BCUT2D eigenvalue weighted by Gasteiger charge is 2.11. The molecule has 1 heteroatoms. The van der Waals surface area contributed by atoms with Gasteiger partial charge in [0.05, 0.1) is 0 Å². The minimum atomic E-state index is 0.451. The average Bonchev–Trinajstić information content (AvgIpc) is 2.03. The fourth-order valence-electron chi connectivity index (χ4n) is 1.53. The molecule has 0 heterocycles. The van der Waals surface area contributed by atoms with Crippen molar-refractivity contribution in [1.82, 2.24) is 0 Å². The van der Waals surface area contributed by atoms with Crippen molar-refractivity contribution in [3.8, 4) is 0 Å². The zero-order chi connectivity index (χ0) is 8.97. The standard InChI is InChI=1S/C11H19N/c1-9(2)3-4-10-5-7-11(12)8-6-10/h4,11H,1,3,5-8,12H2,2H3. The van der Waals surface area contributed by atoms with Gasteiger partial charge in [0, 0.05) is 6.04 Å². The molecular formula is C11H19N. The predicted molar refractivity (Wildman–Crippen MR) is 54.0 cm³/mol. The first-order chi connectivity index (χ1) is 5.68. The molecule has 1 aliphatic carbocycles. The van der Waals surface area contributed by atoms with Gasteiger partial charge in [-0.25, -0.2) is 0 Å². The van der Waals surface area contributed by atoms with Gasteiger partial charge in [0.15, 0.2) is 0 Å². The summed E-state index contributed by atoms with van der Waals surface area (Å²) in [7, 11) is 0. The SMILES string of the molecule is C=C(C)CC=C1CCC(N)CC1. The van der Waals surface area contributed by atoms with Crippen molar-refractivity contribution in [1.29, 1.82) is 0 Å². The van der Waals surface area contributed by atoms with Crippen LogP contribution in [0.3, 0.4) is 0 Å². The molecule has 0 aliphatic heterocycles. The molecule has 0 radical (unpaired) electrons. The lowest BCUT2D eigenvalue weighted by Gasteiger charge is -2.20. The molecule has 1 nitrogen and oxygen atoms in total. The lowest BCUT2D eigenvalue weighted by molar-refractivity contribution is 0.510. The first-order valence-corrected chi connectivity index (χ1v) is 4.76. The third-order valence-electron chi connectivity index (χ3n) is 2.41. The number of rotatable bonds is 2. The lowest BCUT2D eigenvalue weighted by atomic mass is 9.90. The quantitative estimate of drug-likeness (QED) is 0.626. The van der Waals surface area contributed by atoms with Crippen LogP contribution in [-0.2, 0) is 0 Å². The third kappa shape index (κ3) is 3.22. The van der Waals surface area contributed by atoms with E-state index in [1.165, 1.54) is 31.3 Å². The van der Waals surface area contributed by atoms with E-state index in [2.05, 4.69) is 19.6 Å². The van der Waals surface area contributed by atoms with Gasteiger partial charge in [-0.1, -0.05) is 23.8 Å². The first-order valence-electron chi connectivity index (χ1n) is 4.76. The van der Waals surface area contributed by atoms with Gasteiger partial charge in [0.1, 0.15) is 0 Å². The summed E-state index contributed by atoms with van der Waals surface area (Å²) >= 11 is 0. The highest BCUT2D eigenvalue weighted by Crippen LogP contribution is 2.22. The van der Waals surface area contributed by atoms with Crippen LogP contribution in [0.15, 0.2) is 23.8 Å². The summed E-state index contributed by atoms with van der Waals surface area (Å²) in [6, 6.07) is 0.451. The summed E-state index contributed by atoms with van der Waals surface area (Å²) in [6.45, 7) is 5.96. The Morgan fingerprint density at radius 2 is 2.17 bits per heavy atom. The normalized spacial score (nSPS) is 23.8. The van der Waals surface area contributed by atoms with Crippen LogP contribution in [0.1, 0.15) is 39.0 Å². The topological polar surface area (TPSA) is 26.0 Å². The van der Waals surface area contributed by atoms with E-state index in [0.717, 1.165) is 6.42 Å². The van der Waals surface area contributed by atoms with E-state index in [9.17, 15) is 0 Å². The second kappa shape index (κ2) is 4.46. The fraction of sp³-hybridized carbons (Fsp3) is 0.636. The van der Waals surface area contributed by atoms with Crippen molar-refractivity contribution in [2.75, 3.05) is 0 Å². The Labute approximate surface area is 75.3 Å². The van der Waals surface area contributed by atoms with Crippen LogP contribution in [-0.4, -0.2) is 6.04 Å². The van der Waals surface area contributed by atoms with Gasteiger partial charge in [0.25, 0.3) is 0 Å². The molecule has 1 saturated carbocycles. The molecule has 1 rings (SSSR count). The molecular weight excluding hydrogens is 146 g/mol. The summed E-state index contributed by atoms with van der Waals surface area (Å²) in [4.78, 5) is 0. The molecule has 0 atom stereocenters. The molecule has 0 unspecified atom stereocenters. The van der Waals surface area contributed by atoms with Crippen LogP contribution in [0.4, 0.5) is 0 Å². The van der Waals surface area contributed by atoms with Crippen molar-refractivity contribution >= 4 is 0 Å². The highest BCUT2D eigenvalue weighted by atomic mass is 14.6. The van der Waals surface area contributed by atoms with Crippen LogP contribution in [0.5, 0.6) is 0 Å². The van der Waals surface area contributed by atoms with Gasteiger partial charge in [-0.05, 0) is 39.0 Å². The van der Waals surface area contributed by atoms with Gasteiger partial charge < -0.3 is 5.73 Å². The zero-order valence-electron chi connectivity index (χ0n) is 7.97. The van der Waals surface area contributed by atoms with Crippen molar-refractivity contribution in [2.45, 2.75) is 45.1 Å². The van der Waals surface area contributed by atoms with Crippen molar-refractivity contribution in [2.24, 2.45) is 5.73 Å².